The van der Waals surface area contributed by atoms with E-state index in [0.29, 0.717) is 31.4 Å². The van der Waals surface area contributed by atoms with Crippen LogP contribution in [0.15, 0.2) is 36.7 Å². The molecule has 31 heavy (non-hydrogen) atoms. The van der Waals surface area contributed by atoms with Crippen LogP contribution in [0.5, 0.6) is 5.88 Å². The summed E-state index contributed by atoms with van der Waals surface area (Å²) < 4.78 is 45.0. The molecule has 2 aliphatic heterocycles. The highest BCUT2D eigenvalue weighted by molar-refractivity contribution is 5.94. The average molecular weight is 432 g/mol. The molecule has 0 N–H and O–H groups in total. The van der Waals surface area contributed by atoms with Crippen LogP contribution in [0.2, 0.25) is 0 Å². The molecule has 1 aromatic carbocycles. The molecule has 2 aromatic rings. The van der Waals surface area contributed by atoms with Gasteiger partial charge in [0.15, 0.2) is 0 Å². The molecule has 164 valence electrons. The van der Waals surface area contributed by atoms with Gasteiger partial charge >= 0.3 is 6.18 Å². The number of ether oxygens (including phenoxy) is 1. The molecule has 2 atom stereocenters. The molecule has 1 aliphatic carbocycles. The molecule has 3 heterocycles. The molecule has 9 heteroatoms. The minimum Gasteiger partial charge on any atom is -0.472 e. The summed E-state index contributed by atoms with van der Waals surface area (Å²) in [5.74, 6) is 0.685. The van der Waals surface area contributed by atoms with Gasteiger partial charge in [-0.2, -0.15) is 13.2 Å². The number of carbonyl (C=O) groups is 1. The quantitative estimate of drug-likeness (QED) is 0.742. The number of benzene rings is 1. The van der Waals surface area contributed by atoms with Crippen LogP contribution in [-0.4, -0.2) is 64.0 Å². The number of carbonyl (C=O) groups excluding carboxylic acids is 1. The monoisotopic (exact) mass is 432 g/mol. The van der Waals surface area contributed by atoms with Crippen molar-refractivity contribution in [2.24, 2.45) is 0 Å². The maximum Gasteiger partial charge on any atom is 0.416 e. The highest BCUT2D eigenvalue weighted by atomic mass is 19.4. The molecule has 3 fully saturated rings. The number of piperazine rings is 1. The second-order valence-corrected chi connectivity index (χ2v) is 8.51. The second kappa shape index (κ2) is 7.78. The highest BCUT2D eigenvalue weighted by Crippen LogP contribution is 2.38. The van der Waals surface area contributed by atoms with Crippen LogP contribution < -0.4 is 4.74 Å². The van der Waals surface area contributed by atoms with Crippen LogP contribution in [0.1, 0.15) is 46.8 Å². The van der Waals surface area contributed by atoms with Crippen molar-refractivity contribution in [3.05, 3.63) is 53.5 Å². The standard InChI is InChI=1S/C22H23F3N4O2/c23-22(24,25)16-3-1-2-15(8-16)21(30)29-7-6-28-13-18(9-17(28)12-29)31-20-11-26-19(10-27-20)14-4-5-14/h1-3,8,10-11,14,17-18H,4-7,9,12-13H2/t17-,18+/m1/s1. The average Bonchev–Trinajstić information content (AvgIpc) is 3.53. The summed E-state index contributed by atoms with van der Waals surface area (Å²) in [6.45, 7) is 2.36. The predicted octanol–water partition coefficient (Wildman–Crippen LogP) is 3.35. The molecule has 3 aliphatic rings. The number of rotatable bonds is 4. The summed E-state index contributed by atoms with van der Waals surface area (Å²) >= 11 is 0. The van der Waals surface area contributed by atoms with Gasteiger partial charge in [-0.05, 0) is 31.0 Å². The molecular formula is C22H23F3N4O2. The van der Waals surface area contributed by atoms with Crippen LogP contribution in [0.4, 0.5) is 13.2 Å². The zero-order chi connectivity index (χ0) is 21.6. The van der Waals surface area contributed by atoms with Gasteiger partial charge in [-0.1, -0.05) is 6.07 Å². The zero-order valence-corrected chi connectivity index (χ0v) is 16.9. The molecule has 1 aromatic heterocycles. The molecule has 1 amide bonds. The van der Waals surface area contributed by atoms with Gasteiger partial charge in [-0.15, -0.1) is 0 Å². The van der Waals surface area contributed by atoms with Gasteiger partial charge in [-0.3, -0.25) is 14.7 Å². The Labute approximate surface area is 178 Å². The molecule has 5 rings (SSSR count). The van der Waals surface area contributed by atoms with Crippen molar-refractivity contribution < 1.29 is 22.7 Å². The first-order valence-corrected chi connectivity index (χ1v) is 10.6. The normalized spacial score (nSPS) is 24.2. The molecule has 0 radical (unpaired) electrons. The number of alkyl halides is 3. The Morgan fingerprint density at radius 2 is 1.94 bits per heavy atom. The summed E-state index contributed by atoms with van der Waals surface area (Å²) in [4.78, 5) is 25.5. The lowest BCUT2D eigenvalue weighted by Crippen LogP contribution is -2.52. The molecule has 0 spiro atoms. The molecule has 6 nitrogen and oxygen atoms in total. The van der Waals surface area contributed by atoms with Crippen LogP contribution in [-0.2, 0) is 6.18 Å². The van der Waals surface area contributed by atoms with Crippen LogP contribution in [0.3, 0.4) is 0 Å². The van der Waals surface area contributed by atoms with E-state index in [2.05, 4.69) is 14.9 Å². The fraction of sp³-hybridized carbons (Fsp3) is 0.500. The van der Waals surface area contributed by atoms with E-state index in [1.165, 1.54) is 25.0 Å². The van der Waals surface area contributed by atoms with Gasteiger partial charge in [0.05, 0.1) is 23.7 Å². The van der Waals surface area contributed by atoms with Crippen molar-refractivity contribution in [1.29, 1.82) is 0 Å². The lowest BCUT2D eigenvalue weighted by Gasteiger charge is -2.37. The van der Waals surface area contributed by atoms with Crippen LogP contribution in [0, 0.1) is 0 Å². The maximum absolute atomic E-state index is 13.0. The maximum atomic E-state index is 13.0. The van der Waals surface area contributed by atoms with Gasteiger partial charge in [0.2, 0.25) is 5.88 Å². The Morgan fingerprint density at radius 1 is 1.10 bits per heavy atom. The SMILES string of the molecule is O=C(c1cccc(C(F)(F)F)c1)N1CCN2C[C@@H](Oc3cnc(C4CC4)cn3)C[C@@H]2C1. The first-order valence-electron chi connectivity index (χ1n) is 10.6. The zero-order valence-electron chi connectivity index (χ0n) is 16.9. The van der Waals surface area contributed by atoms with Gasteiger partial charge in [0, 0.05) is 50.1 Å². The van der Waals surface area contributed by atoms with Crippen molar-refractivity contribution in [1.82, 2.24) is 19.8 Å². The molecular weight excluding hydrogens is 409 g/mol. The Morgan fingerprint density at radius 3 is 2.65 bits per heavy atom. The van der Waals surface area contributed by atoms with Crippen molar-refractivity contribution in [2.75, 3.05) is 26.2 Å². The number of halogens is 3. The van der Waals surface area contributed by atoms with Crippen molar-refractivity contribution in [3.8, 4) is 5.88 Å². The topological polar surface area (TPSA) is 58.6 Å². The van der Waals surface area contributed by atoms with E-state index in [0.717, 1.165) is 30.8 Å². The van der Waals surface area contributed by atoms with Crippen molar-refractivity contribution >= 4 is 5.91 Å². The van der Waals surface area contributed by atoms with E-state index < -0.39 is 11.7 Å². The number of hydrogen-bond acceptors (Lipinski definition) is 5. The summed E-state index contributed by atoms with van der Waals surface area (Å²) in [5.41, 5.74) is 0.278. The fourth-order valence-corrected chi connectivity index (χ4v) is 4.43. The third-order valence-electron chi connectivity index (χ3n) is 6.23. The third kappa shape index (κ3) is 4.37. The number of fused-ring (bicyclic) bond motifs is 1. The Balaban J connectivity index is 1.20. The van der Waals surface area contributed by atoms with E-state index >= 15 is 0 Å². The minimum absolute atomic E-state index is 0.0466. The van der Waals surface area contributed by atoms with E-state index in [1.807, 2.05) is 0 Å². The lowest BCUT2D eigenvalue weighted by atomic mass is 10.1. The molecule has 1 saturated carbocycles. The van der Waals surface area contributed by atoms with Gasteiger partial charge in [-0.25, -0.2) is 4.98 Å². The van der Waals surface area contributed by atoms with Gasteiger partial charge in [0.1, 0.15) is 6.10 Å². The Hall–Kier alpha value is -2.68. The van der Waals surface area contributed by atoms with E-state index in [4.69, 9.17) is 4.74 Å². The largest absolute Gasteiger partial charge is 0.472 e. The van der Waals surface area contributed by atoms with E-state index in [1.54, 1.807) is 17.3 Å². The van der Waals surface area contributed by atoms with Crippen LogP contribution >= 0.6 is 0 Å². The second-order valence-electron chi connectivity index (χ2n) is 8.51. The van der Waals surface area contributed by atoms with Gasteiger partial charge < -0.3 is 9.64 Å². The van der Waals surface area contributed by atoms with E-state index in [-0.39, 0.29) is 23.6 Å². The Kier molecular flexibility index (Phi) is 5.08. The molecule has 0 unspecified atom stereocenters. The number of aromatic nitrogens is 2. The first-order chi connectivity index (χ1) is 14.9. The summed E-state index contributed by atoms with van der Waals surface area (Å²) in [6, 6.07) is 4.75. The number of amides is 1. The smallest absolute Gasteiger partial charge is 0.416 e. The number of hydrogen-bond donors (Lipinski definition) is 0. The molecule has 0 bridgehead atoms. The minimum atomic E-state index is -4.47. The third-order valence-corrected chi connectivity index (χ3v) is 6.23. The highest BCUT2D eigenvalue weighted by Gasteiger charge is 2.39. The first kappa shape index (κ1) is 20.2. The summed E-state index contributed by atoms with van der Waals surface area (Å²) in [5, 5.41) is 0. The molecule has 2 saturated heterocycles. The fourth-order valence-electron chi connectivity index (χ4n) is 4.43. The summed E-state index contributed by atoms with van der Waals surface area (Å²) in [6.07, 6.45) is 2.02. The Bertz CT molecular complexity index is 962. The number of nitrogens with zero attached hydrogens (tertiary/aromatic N) is 4. The van der Waals surface area contributed by atoms with Gasteiger partial charge in [0.25, 0.3) is 5.91 Å². The predicted molar refractivity (Wildman–Crippen MR) is 106 cm³/mol. The van der Waals surface area contributed by atoms with Crippen LogP contribution in [0.25, 0.3) is 0 Å². The van der Waals surface area contributed by atoms with E-state index in [9.17, 15) is 18.0 Å². The summed E-state index contributed by atoms with van der Waals surface area (Å²) in [7, 11) is 0. The lowest BCUT2D eigenvalue weighted by molar-refractivity contribution is -0.137. The van der Waals surface area contributed by atoms with Crippen molar-refractivity contribution in [3.63, 3.8) is 0 Å². The van der Waals surface area contributed by atoms with Crippen molar-refractivity contribution in [2.45, 2.75) is 43.5 Å².